The van der Waals surface area contributed by atoms with Crippen LogP contribution in [0.1, 0.15) is 28.1 Å². The van der Waals surface area contributed by atoms with Gasteiger partial charge in [0.15, 0.2) is 5.16 Å². The van der Waals surface area contributed by atoms with Crippen molar-refractivity contribution in [2.75, 3.05) is 6.54 Å². The molecule has 6 nitrogen and oxygen atoms in total. The molecule has 0 saturated carbocycles. The van der Waals surface area contributed by atoms with E-state index < -0.39 is 0 Å². The van der Waals surface area contributed by atoms with Gasteiger partial charge < -0.3 is 4.42 Å². The number of fused-ring (bicyclic) bond motifs is 1. The Morgan fingerprint density at radius 3 is 2.71 bits per heavy atom. The lowest BCUT2D eigenvalue weighted by molar-refractivity contribution is -0.122. The summed E-state index contributed by atoms with van der Waals surface area (Å²) in [6.45, 7) is 2.26. The van der Waals surface area contributed by atoms with Crippen molar-refractivity contribution in [1.82, 2.24) is 14.5 Å². The van der Waals surface area contributed by atoms with Crippen LogP contribution in [0.3, 0.4) is 0 Å². The maximum atomic E-state index is 13.4. The summed E-state index contributed by atoms with van der Waals surface area (Å²) in [6, 6.07) is 19.4. The van der Waals surface area contributed by atoms with Crippen LogP contribution >= 0.6 is 35.7 Å². The zero-order valence-electron chi connectivity index (χ0n) is 18.8. The van der Waals surface area contributed by atoms with Crippen molar-refractivity contribution in [3.63, 3.8) is 0 Å². The van der Waals surface area contributed by atoms with Crippen molar-refractivity contribution in [3.8, 4) is 0 Å². The predicted molar refractivity (Wildman–Crippen MR) is 144 cm³/mol. The minimum Gasteiger partial charge on any atom is -0.465 e. The Balaban J connectivity index is 1.33. The molecule has 0 atom stereocenters. The number of carbonyl (C=O) groups is 2. The largest absolute Gasteiger partial charge is 0.465 e. The number of rotatable bonds is 7. The third kappa shape index (κ3) is 5.12. The third-order valence-electron chi connectivity index (χ3n) is 5.51. The highest BCUT2D eigenvalue weighted by molar-refractivity contribution is 8.26. The number of amides is 1. The molecule has 35 heavy (non-hydrogen) atoms. The van der Waals surface area contributed by atoms with Crippen LogP contribution in [0.4, 0.5) is 0 Å². The van der Waals surface area contributed by atoms with E-state index in [4.69, 9.17) is 21.6 Å². The SMILES string of the molecule is Cc1ccc(CSc2nc3ccccc3n2C(=O)CCN2C(=O)/C(=C/c3ccco3)SC2=S)cc1. The van der Waals surface area contributed by atoms with Gasteiger partial charge in [-0.1, -0.05) is 77.7 Å². The minimum absolute atomic E-state index is 0.124. The predicted octanol–water partition coefficient (Wildman–Crippen LogP) is 6.16. The van der Waals surface area contributed by atoms with Gasteiger partial charge in [0, 0.05) is 24.8 Å². The van der Waals surface area contributed by atoms with Gasteiger partial charge in [-0.3, -0.25) is 19.1 Å². The van der Waals surface area contributed by atoms with Crippen molar-refractivity contribution in [2.24, 2.45) is 0 Å². The number of aromatic nitrogens is 2. The van der Waals surface area contributed by atoms with Gasteiger partial charge in [0.05, 0.1) is 22.2 Å². The molecular weight excluding hydrogens is 499 g/mol. The van der Waals surface area contributed by atoms with Gasteiger partial charge in [0.2, 0.25) is 5.91 Å². The molecular formula is C26H21N3O3S3. The van der Waals surface area contributed by atoms with Crippen molar-refractivity contribution in [2.45, 2.75) is 24.3 Å². The average Bonchev–Trinajstić information content (AvgIpc) is 3.56. The lowest BCUT2D eigenvalue weighted by Crippen LogP contribution is -2.31. The number of thiocarbonyl (C=S) groups is 1. The zero-order chi connectivity index (χ0) is 24.4. The highest BCUT2D eigenvalue weighted by Gasteiger charge is 2.32. The molecule has 3 heterocycles. The molecule has 1 amide bonds. The first-order chi connectivity index (χ1) is 17.0. The first kappa shape index (κ1) is 23.6. The summed E-state index contributed by atoms with van der Waals surface area (Å²) >= 11 is 8.15. The van der Waals surface area contributed by atoms with Crippen LogP contribution in [0.2, 0.25) is 0 Å². The molecule has 176 valence electrons. The summed E-state index contributed by atoms with van der Waals surface area (Å²) in [5, 5.41) is 0.639. The Labute approximate surface area is 216 Å². The second kappa shape index (κ2) is 10.2. The average molecular weight is 520 g/mol. The Bertz CT molecular complexity index is 1440. The fourth-order valence-corrected chi connectivity index (χ4v) is 5.96. The Hall–Kier alpha value is -3.14. The summed E-state index contributed by atoms with van der Waals surface area (Å²) in [6.07, 6.45) is 3.35. The topological polar surface area (TPSA) is 68.3 Å². The fourth-order valence-electron chi connectivity index (χ4n) is 3.69. The lowest BCUT2D eigenvalue weighted by Gasteiger charge is -2.14. The van der Waals surface area contributed by atoms with Crippen molar-refractivity contribution in [1.29, 1.82) is 0 Å². The van der Waals surface area contributed by atoms with Gasteiger partial charge in [0.25, 0.3) is 5.91 Å². The van der Waals surface area contributed by atoms with Gasteiger partial charge in [-0.2, -0.15) is 0 Å². The Morgan fingerprint density at radius 2 is 1.94 bits per heavy atom. The number of nitrogens with zero attached hydrogens (tertiary/aromatic N) is 3. The number of aryl methyl sites for hydroxylation is 1. The number of hydrogen-bond acceptors (Lipinski definition) is 7. The normalized spacial score (nSPS) is 15.0. The molecule has 0 bridgehead atoms. The smallest absolute Gasteiger partial charge is 0.266 e. The highest BCUT2D eigenvalue weighted by atomic mass is 32.2. The molecule has 1 fully saturated rings. The van der Waals surface area contributed by atoms with Crippen molar-refractivity contribution < 1.29 is 14.0 Å². The summed E-state index contributed by atoms with van der Waals surface area (Å²) in [5.41, 5.74) is 3.88. The molecule has 5 rings (SSSR count). The summed E-state index contributed by atoms with van der Waals surface area (Å²) in [5.74, 6) is 0.938. The van der Waals surface area contributed by atoms with Crippen molar-refractivity contribution in [3.05, 3.63) is 88.7 Å². The van der Waals surface area contributed by atoms with Crippen LogP contribution in [0, 0.1) is 6.92 Å². The van der Waals surface area contributed by atoms with E-state index in [0.717, 1.165) is 16.6 Å². The molecule has 1 saturated heterocycles. The standard InChI is InChI=1S/C26H21N3O3S3/c1-17-8-10-18(11-9-17)16-34-25-27-20-6-2-3-7-21(20)29(25)23(30)12-13-28-24(31)22(35-26(28)33)15-19-5-4-14-32-19/h2-11,14-15H,12-13,16H2,1H3/b22-15-. The van der Waals surface area contributed by atoms with Gasteiger partial charge in [-0.15, -0.1) is 0 Å². The number of benzene rings is 2. The van der Waals surface area contributed by atoms with Crippen LogP contribution < -0.4 is 0 Å². The molecule has 0 N–H and O–H groups in total. The quantitative estimate of drug-likeness (QED) is 0.164. The van der Waals surface area contributed by atoms with Crippen LogP contribution in [0.5, 0.6) is 0 Å². The first-order valence-electron chi connectivity index (χ1n) is 11.0. The molecule has 0 spiro atoms. The number of hydrogen-bond donors (Lipinski definition) is 0. The molecule has 1 aliphatic heterocycles. The van der Waals surface area contributed by atoms with Gasteiger partial charge in [0.1, 0.15) is 10.1 Å². The third-order valence-corrected chi connectivity index (χ3v) is 7.89. The van der Waals surface area contributed by atoms with Crippen LogP contribution in [-0.4, -0.2) is 37.1 Å². The monoisotopic (exact) mass is 519 g/mol. The number of para-hydroxylation sites is 2. The highest BCUT2D eigenvalue weighted by Crippen LogP contribution is 2.33. The van der Waals surface area contributed by atoms with Crippen LogP contribution in [0.25, 0.3) is 17.1 Å². The molecule has 2 aromatic heterocycles. The van der Waals surface area contributed by atoms with Gasteiger partial charge in [-0.05, 0) is 36.8 Å². The van der Waals surface area contributed by atoms with Gasteiger partial charge >= 0.3 is 0 Å². The van der Waals surface area contributed by atoms with Crippen molar-refractivity contribution >= 4 is 69.0 Å². The minimum atomic E-state index is -0.214. The van der Waals surface area contributed by atoms with Crippen LogP contribution in [0.15, 0.2) is 81.4 Å². The summed E-state index contributed by atoms with van der Waals surface area (Å²) in [4.78, 5) is 32.9. The second-order valence-electron chi connectivity index (χ2n) is 7.99. The van der Waals surface area contributed by atoms with Gasteiger partial charge in [-0.25, -0.2) is 4.98 Å². The molecule has 4 aromatic rings. The number of imidazole rings is 1. The molecule has 1 aliphatic rings. The van der Waals surface area contributed by atoms with E-state index in [0.29, 0.717) is 25.9 Å². The number of thioether (sulfide) groups is 2. The molecule has 0 unspecified atom stereocenters. The second-order valence-corrected chi connectivity index (χ2v) is 10.6. The van der Waals surface area contributed by atoms with E-state index in [1.807, 2.05) is 24.3 Å². The lowest BCUT2D eigenvalue weighted by atomic mass is 10.2. The Kier molecular flexibility index (Phi) is 6.90. The van der Waals surface area contributed by atoms with Crippen LogP contribution in [-0.2, 0) is 10.5 Å². The van der Waals surface area contributed by atoms with E-state index in [-0.39, 0.29) is 24.8 Å². The zero-order valence-corrected chi connectivity index (χ0v) is 21.3. The van der Waals surface area contributed by atoms with E-state index in [1.165, 1.54) is 34.0 Å². The summed E-state index contributed by atoms with van der Waals surface area (Å²) < 4.78 is 7.40. The maximum Gasteiger partial charge on any atom is 0.266 e. The Morgan fingerprint density at radius 1 is 1.14 bits per heavy atom. The number of furan rings is 1. The van der Waals surface area contributed by atoms with E-state index >= 15 is 0 Å². The van der Waals surface area contributed by atoms with E-state index in [2.05, 4.69) is 31.2 Å². The molecule has 2 aromatic carbocycles. The molecule has 0 radical (unpaired) electrons. The fraction of sp³-hybridized carbons (Fsp3) is 0.154. The molecule has 0 aliphatic carbocycles. The first-order valence-corrected chi connectivity index (χ1v) is 13.2. The maximum absolute atomic E-state index is 13.4. The summed E-state index contributed by atoms with van der Waals surface area (Å²) in [7, 11) is 0. The number of carbonyl (C=O) groups excluding carboxylic acids is 2. The van der Waals surface area contributed by atoms with E-state index in [9.17, 15) is 9.59 Å². The molecule has 9 heteroatoms. The van der Waals surface area contributed by atoms with E-state index in [1.54, 1.807) is 29.0 Å².